The summed E-state index contributed by atoms with van der Waals surface area (Å²) in [5, 5.41) is 0. The van der Waals surface area contributed by atoms with Gasteiger partial charge in [0.05, 0.1) is 6.42 Å². The standard InChI is InChI=1S/C71H112O6/c1-4-7-10-13-16-19-22-25-28-30-32-33-34-35-36-37-39-40-43-46-49-52-55-58-61-64-70(73)76-67-68(66-75-69(72)63-60-57-54-51-48-45-42-27-24-21-18-15-12-9-6-3)77-71(74)65-62-59-56-53-50-47-44-41-38-31-29-26-23-20-17-14-11-8-5-2/h7-12,16-21,25-29,32-33,38,41-42,48,51,57,60,68H,4-6,13-15,22-24,30-31,34-37,39-40,43-47,49-50,52-56,58-59,61-67H2,1-3H3/b10-7-,11-8-,12-9-,19-16-,20-17-,21-18-,28-25-,29-26-,33-32-,41-38-,42-27-,51-48-,60-57-. The Balaban J connectivity index is 4.46. The molecular weight excluding hydrogens is 949 g/mol. The van der Waals surface area contributed by atoms with E-state index in [-0.39, 0.29) is 38.0 Å². The van der Waals surface area contributed by atoms with Crippen LogP contribution in [0.5, 0.6) is 0 Å². The summed E-state index contributed by atoms with van der Waals surface area (Å²) < 4.78 is 16.8. The zero-order valence-electron chi connectivity index (χ0n) is 49.4. The molecule has 6 nitrogen and oxygen atoms in total. The van der Waals surface area contributed by atoms with Gasteiger partial charge in [-0.2, -0.15) is 0 Å². The summed E-state index contributed by atoms with van der Waals surface area (Å²) >= 11 is 0. The van der Waals surface area contributed by atoms with Crippen molar-refractivity contribution >= 4 is 17.9 Å². The molecule has 0 spiro atoms. The number of unbranched alkanes of at least 4 members (excludes halogenated alkanes) is 18. The molecule has 0 saturated heterocycles. The Bertz CT molecular complexity index is 1740. The average Bonchev–Trinajstić information content (AvgIpc) is 3.43. The van der Waals surface area contributed by atoms with E-state index in [9.17, 15) is 14.4 Å². The molecular formula is C71H112O6. The van der Waals surface area contributed by atoms with Gasteiger partial charge in [0.15, 0.2) is 6.10 Å². The maximum absolute atomic E-state index is 12.9. The van der Waals surface area contributed by atoms with Crippen molar-refractivity contribution in [1.82, 2.24) is 0 Å². The normalized spacial score (nSPS) is 13.2. The molecule has 0 aromatic rings. The Morgan fingerprint density at radius 3 is 0.844 bits per heavy atom. The molecule has 6 heteroatoms. The van der Waals surface area contributed by atoms with Gasteiger partial charge < -0.3 is 14.2 Å². The van der Waals surface area contributed by atoms with E-state index in [4.69, 9.17) is 14.2 Å². The van der Waals surface area contributed by atoms with Crippen LogP contribution in [0.1, 0.15) is 252 Å². The van der Waals surface area contributed by atoms with E-state index in [1.54, 1.807) is 6.08 Å². The third kappa shape index (κ3) is 61.8. The molecule has 1 unspecified atom stereocenters. The van der Waals surface area contributed by atoms with E-state index in [2.05, 4.69) is 167 Å². The molecule has 0 rings (SSSR count). The summed E-state index contributed by atoms with van der Waals surface area (Å²) in [5.41, 5.74) is 0. The first-order valence-electron chi connectivity index (χ1n) is 31.0. The summed E-state index contributed by atoms with van der Waals surface area (Å²) in [6.45, 7) is 6.20. The Morgan fingerprint density at radius 2 is 0.519 bits per heavy atom. The largest absolute Gasteiger partial charge is 0.462 e. The highest BCUT2D eigenvalue weighted by atomic mass is 16.6. The van der Waals surface area contributed by atoms with Crippen molar-refractivity contribution in [3.63, 3.8) is 0 Å². The lowest BCUT2D eigenvalue weighted by atomic mass is 10.0. The van der Waals surface area contributed by atoms with Gasteiger partial charge in [0, 0.05) is 12.8 Å². The van der Waals surface area contributed by atoms with Gasteiger partial charge >= 0.3 is 17.9 Å². The van der Waals surface area contributed by atoms with Gasteiger partial charge in [-0.25, -0.2) is 0 Å². The Hall–Kier alpha value is -4.97. The molecule has 0 bridgehead atoms. The van der Waals surface area contributed by atoms with E-state index in [0.29, 0.717) is 6.42 Å². The van der Waals surface area contributed by atoms with Crippen LogP contribution in [-0.2, 0) is 28.6 Å². The van der Waals surface area contributed by atoms with Gasteiger partial charge in [-0.15, -0.1) is 0 Å². The molecule has 0 aliphatic rings. The fourth-order valence-corrected chi connectivity index (χ4v) is 8.03. The Morgan fingerprint density at radius 1 is 0.273 bits per heavy atom. The van der Waals surface area contributed by atoms with E-state index < -0.39 is 12.1 Å². The number of hydrogen-bond donors (Lipinski definition) is 0. The predicted molar refractivity (Wildman–Crippen MR) is 334 cm³/mol. The second-order valence-electron chi connectivity index (χ2n) is 19.8. The quantitative estimate of drug-likeness (QED) is 0.0261. The third-order valence-electron chi connectivity index (χ3n) is 12.5. The molecule has 0 amide bonds. The van der Waals surface area contributed by atoms with Crippen LogP contribution in [0.2, 0.25) is 0 Å². The number of allylic oxidation sites excluding steroid dienone is 25. The summed E-state index contributed by atoms with van der Waals surface area (Å²) in [7, 11) is 0. The lowest BCUT2D eigenvalue weighted by molar-refractivity contribution is -0.166. The highest BCUT2D eigenvalue weighted by Crippen LogP contribution is 2.15. The summed E-state index contributed by atoms with van der Waals surface area (Å²) in [6, 6.07) is 0. The molecule has 432 valence electrons. The summed E-state index contributed by atoms with van der Waals surface area (Å²) in [5.74, 6) is -1.07. The van der Waals surface area contributed by atoms with Gasteiger partial charge in [0.1, 0.15) is 13.2 Å². The first-order chi connectivity index (χ1) is 38.0. The lowest BCUT2D eigenvalue weighted by Gasteiger charge is -2.18. The first kappa shape index (κ1) is 72.0. The number of ether oxygens (including phenoxy) is 3. The van der Waals surface area contributed by atoms with Crippen LogP contribution < -0.4 is 0 Å². The molecule has 0 aliphatic heterocycles. The van der Waals surface area contributed by atoms with E-state index in [0.717, 1.165) is 135 Å². The van der Waals surface area contributed by atoms with Crippen molar-refractivity contribution in [3.05, 3.63) is 158 Å². The SMILES string of the molecule is CC/C=C\C/C=C\C/C=C\C/C=C\C/C=C\CC(=O)OCC(COC(=O)CCCCCCCCCCCCCC/C=C\C/C=C\C/C=C\C/C=C\CC)OC(=O)CCCCCCCC/C=C\C/C=C\C/C=C\C/C=C\CC. The second-order valence-corrected chi connectivity index (χ2v) is 19.8. The number of carbonyl (C=O) groups is 3. The smallest absolute Gasteiger partial charge is 0.309 e. The van der Waals surface area contributed by atoms with Crippen LogP contribution >= 0.6 is 0 Å². The fourth-order valence-electron chi connectivity index (χ4n) is 8.03. The average molecular weight is 1060 g/mol. The topological polar surface area (TPSA) is 78.9 Å². The minimum absolute atomic E-state index is 0.117. The number of rotatable bonds is 54. The van der Waals surface area contributed by atoms with Crippen molar-refractivity contribution < 1.29 is 28.6 Å². The number of carbonyl (C=O) groups excluding carboxylic acids is 3. The molecule has 77 heavy (non-hydrogen) atoms. The Labute approximate surface area is 473 Å². The van der Waals surface area contributed by atoms with Gasteiger partial charge in [-0.3, -0.25) is 14.4 Å². The van der Waals surface area contributed by atoms with Gasteiger partial charge in [0.25, 0.3) is 0 Å². The maximum atomic E-state index is 12.9. The molecule has 0 N–H and O–H groups in total. The third-order valence-corrected chi connectivity index (χ3v) is 12.5. The maximum Gasteiger partial charge on any atom is 0.309 e. The number of esters is 3. The molecule has 0 heterocycles. The number of hydrogen-bond acceptors (Lipinski definition) is 6. The lowest BCUT2D eigenvalue weighted by Crippen LogP contribution is -2.30. The minimum atomic E-state index is -0.835. The van der Waals surface area contributed by atoms with E-state index in [1.165, 1.54) is 77.0 Å². The first-order valence-corrected chi connectivity index (χ1v) is 31.0. The monoisotopic (exact) mass is 1060 g/mol. The van der Waals surface area contributed by atoms with Crippen molar-refractivity contribution in [3.8, 4) is 0 Å². The van der Waals surface area contributed by atoms with Gasteiger partial charge in [0.2, 0.25) is 0 Å². The molecule has 0 aromatic heterocycles. The summed E-state index contributed by atoms with van der Waals surface area (Å²) in [4.78, 5) is 38.2. The second kappa shape index (κ2) is 63.6. The van der Waals surface area contributed by atoms with E-state index in [1.807, 2.05) is 6.08 Å². The van der Waals surface area contributed by atoms with Crippen LogP contribution in [-0.4, -0.2) is 37.2 Å². The highest BCUT2D eigenvalue weighted by molar-refractivity contribution is 5.72. The molecule has 0 radical (unpaired) electrons. The van der Waals surface area contributed by atoms with Gasteiger partial charge in [-0.1, -0.05) is 269 Å². The van der Waals surface area contributed by atoms with Crippen molar-refractivity contribution in [2.24, 2.45) is 0 Å². The van der Waals surface area contributed by atoms with Crippen LogP contribution in [0.25, 0.3) is 0 Å². The zero-order chi connectivity index (χ0) is 55.7. The minimum Gasteiger partial charge on any atom is -0.462 e. The van der Waals surface area contributed by atoms with Crippen LogP contribution in [0.3, 0.4) is 0 Å². The van der Waals surface area contributed by atoms with Crippen molar-refractivity contribution in [1.29, 1.82) is 0 Å². The van der Waals surface area contributed by atoms with Gasteiger partial charge in [-0.05, 0) is 122 Å². The van der Waals surface area contributed by atoms with Crippen LogP contribution in [0.15, 0.2) is 158 Å². The Kier molecular flexibility index (Phi) is 59.5. The van der Waals surface area contributed by atoms with Crippen molar-refractivity contribution in [2.45, 2.75) is 258 Å². The molecule has 0 saturated carbocycles. The summed E-state index contributed by atoms with van der Waals surface area (Å²) in [6.07, 6.45) is 92.7. The molecule has 0 aliphatic carbocycles. The van der Waals surface area contributed by atoms with Crippen LogP contribution in [0.4, 0.5) is 0 Å². The highest BCUT2D eigenvalue weighted by Gasteiger charge is 2.19. The van der Waals surface area contributed by atoms with E-state index >= 15 is 0 Å². The molecule has 0 fully saturated rings. The predicted octanol–water partition coefficient (Wildman–Crippen LogP) is 21.3. The van der Waals surface area contributed by atoms with Crippen molar-refractivity contribution in [2.75, 3.05) is 13.2 Å². The molecule has 1 atom stereocenters. The fraction of sp³-hybridized carbons (Fsp3) is 0.592. The molecule has 0 aromatic carbocycles. The van der Waals surface area contributed by atoms with Crippen LogP contribution in [0, 0.1) is 0 Å². The zero-order valence-corrected chi connectivity index (χ0v) is 49.4.